The number of sulfonamides is 1. The molecule has 1 saturated carbocycles. The Kier molecular flexibility index (Phi) is 4.28. The van der Waals surface area contributed by atoms with E-state index in [1.54, 1.807) is 0 Å². The molecule has 2 aliphatic rings. The summed E-state index contributed by atoms with van der Waals surface area (Å²) in [6, 6.07) is 6.00. The molecule has 21 heavy (non-hydrogen) atoms. The fraction of sp³-hybridized carbons (Fsp3) is 0.600. The number of nitrogens with zero attached hydrogens (tertiary/aromatic N) is 1. The van der Waals surface area contributed by atoms with E-state index in [0.29, 0.717) is 6.04 Å². The molecule has 1 aliphatic heterocycles. The normalized spacial score (nSPS) is 24.7. The van der Waals surface area contributed by atoms with Gasteiger partial charge in [0, 0.05) is 25.2 Å². The molecule has 1 atom stereocenters. The second-order valence-corrected chi connectivity index (χ2v) is 7.65. The topological polar surface area (TPSA) is 49.4 Å². The summed E-state index contributed by atoms with van der Waals surface area (Å²) in [6.07, 6.45) is 5.77. The predicted molar refractivity (Wildman–Crippen MR) is 79.0 cm³/mol. The van der Waals surface area contributed by atoms with Gasteiger partial charge in [-0.15, -0.1) is 0 Å². The lowest BCUT2D eigenvalue weighted by atomic mass is 10.2. The molecule has 1 heterocycles. The van der Waals surface area contributed by atoms with Crippen molar-refractivity contribution in [3.63, 3.8) is 0 Å². The summed E-state index contributed by atoms with van der Waals surface area (Å²) in [5, 5.41) is 0. The van der Waals surface area contributed by atoms with E-state index in [9.17, 15) is 12.8 Å². The van der Waals surface area contributed by atoms with E-state index in [4.69, 9.17) is 0 Å². The molecule has 4 nitrogen and oxygen atoms in total. The second kappa shape index (κ2) is 6.02. The first-order valence-electron chi connectivity index (χ1n) is 7.57. The zero-order valence-electron chi connectivity index (χ0n) is 12.0. The molecule has 1 aliphatic carbocycles. The number of likely N-dealkylation sites (tertiary alicyclic amines) is 1. The molecular formula is C15H21FN2O2S. The summed E-state index contributed by atoms with van der Waals surface area (Å²) in [6.45, 7) is 1.66. The lowest BCUT2D eigenvalue weighted by Gasteiger charge is -2.23. The Labute approximate surface area is 125 Å². The van der Waals surface area contributed by atoms with Crippen molar-refractivity contribution in [2.24, 2.45) is 0 Å². The van der Waals surface area contributed by atoms with E-state index in [-0.39, 0.29) is 10.9 Å². The monoisotopic (exact) mass is 312 g/mol. The standard InChI is InChI=1S/C15H21FN2O2S/c16-14-7-3-4-8-15(14)21(19,20)17-12-9-10-18(11-12)13-5-1-2-6-13/h3-4,7-8,12-13,17H,1-2,5-6,9-11H2. The van der Waals surface area contributed by atoms with E-state index >= 15 is 0 Å². The largest absolute Gasteiger partial charge is 0.299 e. The van der Waals surface area contributed by atoms with E-state index in [0.717, 1.165) is 19.5 Å². The van der Waals surface area contributed by atoms with Gasteiger partial charge in [-0.25, -0.2) is 17.5 Å². The van der Waals surface area contributed by atoms with Crippen LogP contribution in [0.25, 0.3) is 0 Å². The highest BCUT2D eigenvalue weighted by Gasteiger charge is 2.32. The summed E-state index contributed by atoms with van der Waals surface area (Å²) < 4.78 is 40.8. The van der Waals surface area contributed by atoms with Crippen LogP contribution in [0.2, 0.25) is 0 Å². The van der Waals surface area contributed by atoms with E-state index in [1.165, 1.54) is 49.9 Å². The van der Waals surface area contributed by atoms with Gasteiger partial charge in [-0.3, -0.25) is 4.90 Å². The number of hydrogen-bond acceptors (Lipinski definition) is 3. The van der Waals surface area contributed by atoms with E-state index in [1.807, 2.05) is 0 Å². The van der Waals surface area contributed by atoms with Gasteiger partial charge >= 0.3 is 0 Å². The molecule has 1 aromatic rings. The molecule has 0 radical (unpaired) electrons. The summed E-state index contributed by atoms with van der Waals surface area (Å²) >= 11 is 0. The Morgan fingerprint density at radius 1 is 1.14 bits per heavy atom. The van der Waals surface area contributed by atoms with Gasteiger partial charge in [-0.05, 0) is 31.4 Å². The first-order valence-corrected chi connectivity index (χ1v) is 9.05. The summed E-state index contributed by atoms with van der Waals surface area (Å²) in [5.74, 6) is -0.698. The highest BCUT2D eigenvalue weighted by atomic mass is 32.2. The van der Waals surface area contributed by atoms with Crippen LogP contribution in [0, 0.1) is 5.82 Å². The number of benzene rings is 1. The molecule has 0 amide bonds. The van der Waals surface area contributed by atoms with Crippen LogP contribution in [-0.4, -0.2) is 38.5 Å². The second-order valence-electron chi connectivity index (χ2n) is 5.97. The molecule has 116 valence electrons. The highest BCUT2D eigenvalue weighted by Crippen LogP contribution is 2.27. The van der Waals surface area contributed by atoms with Crippen LogP contribution < -0.4 is 4.72 Å². The zero-order chi connectivity index (χ0) is 14.9. The van der Waals surface area contributed by atoms with Gasteiger partial charge in [0.1, 0.15) is 10.7 Å². The maximum atomic E-state index is 13.7. The average Bonchev–Trinajstić information content (AvgIpc) is 3.09. The highest BCUT2D eigenvalue weighted by molar-refractivity contribution is 7.89. The van der Waals surface area contributed by atoms with Crippen LogP contribution in [0.3, 0.4) is 0 Å². The summed E-state index contributed by atoms with van der Waals surface area (Å²) in [7, 11) is -3.77. The number of hydrogen-bond donors (Lipinski definition) is 1. The van der Waals surface area contributed by atoms with Crippen molar-refractivity contribution in [2.45, 2.75) is 49.1 Å². The molecule has 1 unspecified atom stereocenters. The summed E-state index contributed by atoms with van der Waals surface area (Å²) in [4.78, 5) is 2.12. The molecule has 0 aromatic heterocycles. The van der Waals surface area contributed by atoms with Crippen LogP contribution in [0.15, 0.2) is 29.2 Å². The molecule has 1 aromatic carbocycles. The molecule has 3 rings (SSSR count). The molecule has 1 saturated heterocycles. The minimum atomic E-state index is -3.77. The molecule has 1 N–H and O–H groups in total. The van der Waals surface area contributed by atoms with Crippen molar-refractivity contribution < 1.29 is 12.8 Å². The van der Waals surface area contributed by atoms with Gasteiger partial charge in [0.25, 0.3) is 0 Å². The molecular weight excluding hydrogens is 291 g/mol. The van der Waals surface area contributed by atoms with Crippen molar-refractivity contribution in [1.29, 1.82) is 0 Å². The van der Waals surface area contributed by atoms with Gasteiger partial charge in [-0.2, -0.15) is 0 Å². The molecule has 6 heteroatoms. The van der Waals surface area contributed by atoms with Crippen LogP contribution in [0.1, 0.15) is 32.1 Å². The predicted octanol–water partition coefficient (Wildman–Crippen LogP) is 2.12. The number of rotatable bonds is 4. The van der Waals surface area contributed by atoms with Gasteiger partial charge in [0.05, 0.1) is 0 Å². The van der Waals surface area contributed by atoms with Crippen molar-refractivity contribution in [2.75, 3.05) is 13.1 Å². The van der Waals surface area contributed by atoms with Gasteiger partial charge in [0.15, 0.2) is 0 Å². The fourth-order valence-corrected chi connectivity index (χ4v) is 4.77. The third-order valence-corrected chi connectivity index (χ3v) is 6.06. The van der Waals surface area contributed by atoms with Crippen LogP contribution in [0.4, 0.5) is 4.39 Å². The van der Waals surface area contributed by atoms with Gasteiger partial charge < -0.3 is 0 Å². The average molecular weight is 312 g/mol. The first-order chi connectivity index (χ1) is 10.1. The van der Waals surface area contributed by atoms with Crippen LogP contribution in [-0.2, 0) is 10.0 Å². The Morgan fingerprint density at radius 2 is 1.86 bits per heavy atom. The molecule has 0 bridgehead atoms. The lowest BCUT2D eigenvalue weighted by molar-refractivity contribution is 0.242. The minimum absolute atomic E-state index is 0.116. The van der Waals surface area contributed by atoms with Crippen LogP contribution in [0.5, 0.6) is 0 Å². The van der Waals surface area contributed by atoms with Crippen molar-refractivity contribution in [3.05, 3.63) is 30.1 Å². The number of halogens is 1. The quantitative estimate of drug-likeness (QED) is 0.926. The SMILES string of the molecule is O=S(=O)(NC1CCN(C2CCCC2)C1)c1ccccc1F. The van der Waals surface area contributed by atoms with Gasteiger partial charge in [0.2, 0.25) is 10.0 Å². The minimum Gasteiger partial charge on any atom is -0.299 e. The van der Waals surface area contributed by atoms with Gasteiger partial charge in [-0.1, -0.05) is 25.0 Å². The Balaban J connectivity index is 1.65. The molecule has 2 fully saturated rings. The fourth-order valence-electron chi connectivity index (χ4n) is 3.43. The third-order valence-electron chi connectivity index (χ3n) is 4.51. The van der Waals surface area contributed by atoms with E-state index < -0.39 is 15.8 Å². The van der Waals surface area contributed by atoms with E-state index in [2.05, 4.69) is 9.62 Å². The zero-order valence-corrected chi connectivity index (χ0v) is 12.8. The first kappa shape index (κ1) is 14.9. The number of nitrogens with one attached hydrogen (secondary N) is 1. The van der Waals surface area contributed by atoms with Crippen molar-refractivity contribution in [3.8, 4) is 0 Å². The Bertz CT molecular complexity index is 599. The van der Waals surface area contributed by atoms with Crippen molar-refractivity contribution >= 4 is 10.0 Å². The van der Waals surface area contributed by atoms with Crippen LogP contribution >= 0.6 is 0 Å². The maximum absolute atomic E-state index is 13.7. The lowest BCUT2D eigenvalue weighted by Crippen LogP contribution is -2.39. The summed E-state index contributed by atoms with van der Waals surface area (Å²) in [5.41, 5.74) is 0. The third kappa shape index (κ3) is 3.27. The molecule has 0 spiro atoms. The maximum Gasteiger partial charge on any atom is 0.243 e. The smallest absolute Gasteiger partial charge is 0.243 e. The van der Waals surface area contributed by atoms with Crippen molar-refractivity contribution in [1.82, 2.24) is 9.62 Å². The Hall–Kier alpha value is -0.980. The Morgan fingerprint density at radius 3 is 2.57 bits per heavy atom.